The Balaban J connectivity index is 1.46. The van der Waals surface area contributed by atoms with Crippen LogP contribution in [-0.4, -0.2) is 65.7 Å². The Morgan fingerprint density at radius 1 is 0.881 bits per heavy atom. The van der Waals surface area contributed by atoms with Crippen molar-refractivity contribution in [3.05, 3.63) is 100 Å². The predicted molar refractivity (Wildman–Crippen MR) is 152 cm³/mol. The van der Waals surface area contributed by atoms with Gasteiger partial charge in [0, 0.05) is 15.7 Å². The molecule has 4 rings (SSSR count). The van der Waals surface area contributed by atoms with Crippen molar-refractivity contribution in [1.29, 1.82) is 0 Å². The summed E-state index contributed by atoms with van der Waals surface area (Å²) in [6.45, 7) is 1.23. The lowest BCUT2D eigenvalue weighted by atomic mass is 9.98. The van der Waals surface area contributed by atoms with Gasteiger partial charge in [-0.15, -0.1) is 0 Å². The number of hydrogen-bond acceptors (Lipinski definition) is 9. The highest BCUT2D eigenvalue weighted by Gasteiger charge is 2.50. The van der Waals surface area contributed by atoms with Gasteiger partial charge in [-0.3, -0.25) is 5.32 Å². The Bertz CT molecular complexity index is 1360. The third-order valence-electron chi connectivity index (χ3n) is 6.25. The van der Waals surface area contributed by atoms with Gasteiger partial charge in [-0.25, -0.2) is 14.4 Å². The Kier molecular flexibility index (Phi) is 10.6. The van der Waals surface area contributed by atoms with Crippen LogP contribution in [0.4, 0.5) is 15.3 Å². The first kappa shape index (κ1) is 31.1. The zero-order chi connectivity index (χ0) is 30.2. The average Bonchev–Trinajstić information content (AvgIpc) is 2.96. The molecule has 0 spiro atoms. The lowest BCUT2D eigenvalue weighted by Crippen LogP contribution is -2.61. The highest BCUT2D eigenvalue weighted by Crippen LogP contribution is 2.28. The summed E-state index contributed by atoms with van der Waals surface area (Å²) < 4.78 is 21.4. The van der Waals surface area contributed by atoms with E-state index in [0.29, 0.717) is 0 Å². The van der Waals surface area contributed by atoms with Crippen LogP contribution in [0, 0.1) is 0 Å². The molecule has 6 atom stereocenters. The van der Waals surface area contributed by atoms with Gasteiger partial charge >= 0.3 is 18.2 Å². The summed E-state index contributed by atoms with van der Waals surface area (Å²) in [5, 5.41) is 27.4. The van der Waals surface area contributed by atoms with Crippen LogP contribution in [0.5, 0.6) is 0 Å². The smallest absolute Gasteiger partial charge is 0.412 e. The van der Waals surface area contributed by atoms with Crippen molar-refractivity contribution in [2.45, 2.75) is 43.7 Å². The molecule has 2 amide bonds. The lowest BCUT2D eigenvalue weighted by molar-refractivity contribution is -0.284. The van der Waals surface area contributed by atoms with Gasteiger partial charge in [-0.1, -0.05) is 71.7 Å². The van der Waals surface area contributed by atoms with Crippen molar-refractivity contribution in [3.8, 4) is 0 Å². The number of rotatable bonds is 8. The molecule has 3 aromatic carbocycles. The fourth-order valence-corrected chi connectivity index (χ4v) is 4.70. The average molecular weight is 619 g/mol. The predicted octanol–water partition coefficient (Wildman–Crippen LogP) is 4.70. The largest absolute Gasteiger partial charge is 0.449 e. The number of nitrogens with one attached hydrogen (secondary N) is 2. The van der Waals surface area contributed by atoms with Gasteiger partial charge in [-0.2, -0.15) is 0 Å². The molecular formula is C29H28Cl2N2O9. The highest BCUT2D eigenvalue weighted by atomic mass is 35.5. The number of amides is 2. The van der Waals surface area contributed by atoms with E-state index in [2.05, 4.69) is 10.6 Å². The number of esters is 1. The van der Waals surface area contributed by atoms with Gasteiger partial charge in [-0.05, 0) is 42.8 Å². The van der Waals surface area contributed by atoms with Gasteiger partial charge < -0.3 is 34.5 Å². The SMILES string of the molecule is C[C@H](NC(=O)OC[C@H]1O[C@@H](O)[C@H](OC(=O)c2ccccc2)[C@@H](OC(=O)Nc2cc(Cl)cc(Cl)c2)[C@@H]1O)c1ccccc1. The first-order chi connectivity index (χ1) is 20.1. The molecule has 3 aromatic rings. The van der Waals surface area contributed by atoms with Crippen molar-refractivity contribution >= 4 is 47.0 Å². The first-order valence-electron chi connectivity index (χ1n) is 12.8. The molecule has 222 valence electrons. The molecule has 0 bridgehead atoms. The third-order valence-corrected chi connectivity index (χ3v) is 6.69. The zero-order valence-corrected chi connectivity index (χ0v) is 23.7. The minimum absolute atomic E-state index is 0.144. The van der Waals surface area contributed by atoms with Gasteiger partial charge in [0.2, 0.25) is 0 Å². The summed E-state index contributed by atoms with van der Waals surface area (Å²) in [6, 6.07) is 20.9. The molecule has 1 aliphatic heterocycles. The van der Waals surface area contributed by atoms with Crippen LogP contribution in [-0.2, 0) is 18.9 Å². The quantitative estimate of drug-likeness (QED) is 0.208. The molecule has 0 aromatic heterocycles. The van der Waals surface area contributed by atoms with E-state index < -0.39 is 55.5 Å². The maximum Gasteiger partial charge on any atom is 0.412 e. The number of halogens is 2. The van der Waals surface area contributed by atoms with Crippen LogP contribution in [0.1, 0.15) is 28.9 Å². The van der Waals surface area contributed by atoms with E-state index in [9.17, 15) is 24.6 Å². The molecule has 11 nitrogen and oxygen atoms in total. The number of alkyl carbamates (subject to hydrolysis) is 1. The minimum atomic E-state index is -1.86. The normalized spacial score (nSPS) is 22.4. The second kappa shape index (κ2) is 14.3. The Hall–Kier alpha value is -3.87. The van der Waals surface area contributed by atoms with Crippen molar-refractivity contribution < 1.29 is 43.5 Å². The van der Waals surface area contributed by atoms with E-state index in [0.717, 1.165) is 5.56 Å². The summed E-state index contributed by atoms with van der Waals surface area (Å²) >= 11 is 12.0. The van der Waals surface area contributed by atoms with Gasteiger partial charge in [0.15, 0.2) is 18.5 Å². The van der Waals surface area contributed by atoms with Crippen LogP contribution in [0.3, 0.4) is 0 Å². The first-order valence-corrected chi connectivity index (χ1v) is 13.6. The van der Waals surface area contributed by atoms with Gasteiger partial charge in [0.1, 0.15) is 18.8 Å². The lowest BCUT2D eigenvalue weighted by Gasteiger charge is -2.41. The van der Waals surface area contributed by atoms with Crippen LogP contribution < -0.4 is 10.6 Å². The zero-order valence-electron chi connectivity index (χ0n) is 22.2. The third kappa shape index (κ3) is 8.34. The molecule has 0 saturated carbocycles. The van der Waals surface area contributed by atoms with E-state index >= 15 is 0 Å². The highest BCUT2D eigenvalue weighted by molar-refractivity contribution is 6.35. The van der Waals surface area contributed by atoms with Crippen LogP contribution in [0.2, 0.25) is 10.0 Å². The van der Waals surface area contributed by atoms with E-state index in [-0.39, 0.29) is 27.3 Å². The molecular weight excluding hydrogens is 591 g/mol. The molecule has 1 aliphatic rings. The number of carbonyl (C=O) groups excluding carboxylic acids is 3. The molecule has 0 unspecified atom stereocenters. The second-order valence-electron chi connectivity index (χ2n) is 9.32. The number of ether oxygens (including phenoxy) is 4. The molecule has 0 aliphatic carbocycles. The fraction of sp³-hybridized carbons (Fsp3) is 0.276. The number of benzene rings is 3. The summed E-state index contributed by atoms with van der Waals surface area (Å²) in [6.07, 6.45) is -10.1. The molecule has 1 fully saturated rings. The summed E-state index contributed by atoms with van der Waals surface area (Å²) in [4.78, 5) is 38.0. The molecule has 13 heteroatoms. The maximum atomic E-state index is 12.8. The standard InChI is InChI=1S/C29H28Cl2N2O9/c1-16(17-8-4-2-5-9-17)32-28(37)39-15-22-23(34)24(42-29(38)33-21-13-19(30)12-20(31)14-21)25(27(36)40-22)41-26(35)18-10-6-3-7-11-18/h2-14,16,22-25,27,34,36H,15H2,1H3,(H,32,37)(H,33,38)/t16-,22+,23+,24-,25+,27+/m0/s1. The summed E-state index contributed by atoms with van der Waals surface area (Å²) in [5.41, 5.74) is 1.16. The van der Waals surface area contributed by atoms with Crippen LogP contribution in [0.25, 0.3) is 0 Å². The Morgan fingerprint density at radius 3 is 2.14 bits per heavy atom. The Morgan fingerprint density at radius 2 is 1.50 bits per heavy atom. The van der Waals surface area contributed by atoms with E-state index in [1.165, 1.54) is 30.3 Å². The maximum absolute atomic E-state index is 12.8. The van der Waals surface area contributed by atoms with E-state index in [1.54, 1.807) is 25.1 Å². The number of carbonyl (C=O) groups is 3. The molecule has 4 N–H and O–H groups in total. The van der Waals surface area contributed by atoms with Crippen LogP contribution >= 0.6 is 23.2 Å². The monoisotopic (exact) mass is 618 g/mol. The molecule has 0 radical (unpaired) electrons. The summed E-state index contributed by atoms with van der Waals surface area (Å²) in [5.74, 6) is -0.866. The fourth-order valence-electron chi connectivity index (χ4n) is 4.17. The van der Waals surface area contributed by atoms with Crippen molar-refractivity contribution in [2.24, 2.45) is 0 Å². The van der Waals surface area contributed by atoms with E-state index in [1.807, 2.05) is 30.3 Å². The molecule has 1 heterocycles. The number of hydrogen-bond donors (Lipinski definition) is 4. The van der Waals surface area contributed by atoms with Crippen LogP contribution in [0.15, 0.2) is 78.9 Å². The minimum Gasteiger partial charge on any atom is -0.449 e. The topological polar surface area (TPSA) is 153 Å². The molecule has 1 saturated heterocycles. The van der Waals surface area contributed by atoms with Crippen molar-refractivity contribution in [2.75, 3.05) is 11.9 Å². The Labute approximate surface area is 251 Å². The van der Waals surface area contributed by atoms with Crippen molar-refractivity contribution in [1.82, 2.24) is 5.32 Å². The molecule has 42 heavy (non-hydrogen) atoms. The van der Waals surface area contributed by atoms with E-state index in [4.69, 9.17) is 42.1 Å². The number of anilines is 1. The van der Waals surface area contributed by atoms with Gasteiger partial charge in [0.05, 0.1) is 11.6 Å². The number of aliphatic hydroxyl groups is 2. The summed E-state index contributed by atoms with van der Waals surface area (Å²) in [7, 11) is 0. The second-order valence-corrected chi connectivity index (χ2v) is 10.2. The van der Waals surface area contributed by atoms with Crippen molar-refractivity contribution in [3.63, 3.8) is 0 Å². The van der Waals surface area contributed by atoms with Gasteiger partial charge in [0.25, 0.3) is 0 Å². The number of aliphatic hydroxyl groups excluding tert-OH is 2.